The molecule has 0 heterocycles. The lowest BCUT2D eigenvalue weighted by atomic mass is 9.87. The van der Waals surface area contributed by atoms with Gasteiger partial charge in [0, 0.05) is 23.0 Å². The van der Waals surface area contributed by atoms with E-state index < -0.39 is 6.10 Å². The molecule has 3 nitrogen and oxygen atoms in total. The summed E-state index contributed by atoms with van der Waals surface area (Å²) in [6.07, 6.45) is -0.731. The first kappa shape index (κ1) is 15.8. The number of para-hydroxylation sites is 1. The third-order valence-corrected chi connectivity index (χ3v) is 4.21. The van der Waals surface area contributed by atoms with Gasteiger partial charge >= 0.3 is 0 Å². The van der Waals surface area contributed by atoms with Crippen molar-refractivity contribution in [1.82, 2.24) is 0 Å². The molecule has 0 aliphatic rings. The number of halogens is 1. The van der Waals surface area contributed by atoms with E-state index in [9.17, 15) is 5.11 Å². The van der Waals surface area contributed by atoms with Crippen LogP contribution in [-0.2, 0) is 0 Å². The second-order valence-corrected chi connectivity index (χ2v) is 5.39. The molecule has 4 heteroatoms. The summed E-state index contributed by atoms with van der Waals surface area (Å²) >= 11 is 6.14. The zero-order valence-corrected chi connectivity index (χ0v) is 13.0. The van der Waals surface area contributed by atoms with Gasteiger partial charge in [0.15, 0.2) is 0 Å². The molecule has 2 aromatic carbocycles. The lowest BCUT2D eigenvalue weighted by Crippen LogP contribution is -2.21. The molecule has 2 rings (SSSR count). The minimum absolute atomic E-state index is 0.252. The van der Waals surface area contributed by atoms with E-state index in [2.05, 4.69) is 0 Å². The highest BCUT2D eigenvalue weighted by Crippen LogP contribution is 2.37. The maximum absolute atomic E-state index is 10.8. The average molecular weight is 306 g/mol. The van der Waals surface area contributed by atoms with Crippen molar-refractivity contribution in [2.75, 3.05) is 13.7 Å². The second-order valence-electron chi connectivity index (χ2n) is 4.98. The number of hydrogen-bond acceptors (Lipinski definition) is 3. The molecule has 0 fully saturated rings. The van der Waals surface area contributed by atoms with Gasteiger partial charge in [-0.05, 0) is 30.2 Å². The first-order chi connectivity index (χ1) is 10.1. The van der Waals surface area contributed by atoms with Gasteiger partial charge in [-0.15, -0.1) is 0 Å². The van der Waals surface area contributed by atoms with Gasteiger partial charge < -0.3 is 15.6 Å². The van der Waals surface area contributed by atoms with Crippen LogP contribution in [-0.4, -0.2) is 18.8 Å². The summed E-state index contributed by atoms with van der Waals surface area (Å²) in [7, 11) is 1.61. The third-order valence-electron chi connectivity index (χ3n) is 3.80. The fraction of sp³-hybridized carbons (Fsp3) is 0.294. The van der Waals surface area contributed by atoms with Gasteiger partial charge in [0.2, 0.25) is 0 Å². The third kappa shape index (κ3) is 3.21. The number of rotatable bonds is 5. The predicted molar refractivity (Wildman–Crippen MR) is 85.9 cm³/mol. The molecular weight excluding hydrogens is 286 g/mol. The van der Waals surface area contributed by atoms with Crippen LogP contribution in [0.2, 0.25) is 5.02 Å². The fourth-order valence-corrected chi connectivity index (χ4v) is 2.74. The maximum atomic E-state index is 10.8. The monoisotopic (exact) mass is 305 g/mol. The highest BCUT2D eigenvalue weighted by molar-refractivity contribution is 6.31. The van der Waals surface area contributed by atoms with Crippen LogP contribution < -0.4 is 10.5 Å². The summed E-state index contributed by atoms with van der Waals surface area (Å²) in [6, 6.07) is 13.1. The van der Waals surface area contributed by atoms with Gasteiger partial charge in [-0.1, -0.05) is 41.9 Å². The molecule has 112 valence electrons. The van der Waals surface area contributed by atoms with Gasteiger partial charge in [0.05, 0.1) is 13.2 Å². The summed E-state index contributed by atoms with van der Waals surface area (Å²) in [6.45, 7) is 2.21. The summed E-state index contributed by atoms with van der Waals surface area (Å²) in [4.78, 5) is 0. The Labute approximate surface area is 130 Å². The van der Waals surface area contributed by atoms with E-state index in [1.54, 1.807) is 7.11 Å². The first-order valence-corrected chi connectivity index (χ1v) is 7.24. The Kier molecular flexibility index (Phi) is 5.23. The van der Waals surface area contributed by atoms with Crippen molar-refractivity contribution in [3.05, 3.63) is 64.2 Å². The number of hydrogen-bond donors (Lipinski definition) is 2. The number of nitrogens with two attached hydrogens (primary N) is 1. The first-order valence-electron chi connectivity index (χ1n) is 6.86. The molecular formula is C17H20ClNO2. The molecule has 0 radical (unpaired) electrons. The molecule has 2 atom stereocenters. The van der Waals surface area contributed by atoms with Crippen molar-refractivity contribution in [2.45, 2.75) is 18.9 Å². The van der Waals surface area contributed by atoms with Crippen LogP contribution in [0.1, 0.15) is 28.7 Å². The van der Waals surface area contributed by atoms with E-state index in [1.165, 1.54) is 0 Å². The van der Waals surface area contributed by atoms with Crippen LogP contribution >= 0.6 is 11.6 Å². The van der Waals surface area contributed by atoms with E-state index in [1.807, 2.05) is 49.4 Å². The molecule has 2 aromatic rings. The van der Waals surface area contributed by atoms with Crippen molar-refractivity contribution >= 4 is 11.6 Å². The minimum Gasteiger partial charge on any atom is -0.496 e. The number of benzene rings is 2. The lowest BCUT2D eigenvalue weighted by molar-refractivity contribution is 0.145. The average Bonchev–Trinajstić information content (AvgIpc) is 2.51. The van der Waals surface area contributed by atoms with Crippen molar-refractivity contribution in [3.8, 4) is 5.75 Å². The number of aliphatic hydroxyl groups excluding tert-OH is 1. The molecule has 0 spiro atoms. The van der Waals surface area contributed by atoms with Gasteiger partial charge in [0.25, 0.3) is 0 Å². The van der Waals surface area contributed by atoms with E-state index in [4.69, 9.17) is 22.1 Å². The normalized spacial score (nSPS) is 13.8. The Morgan fingerprint density at radius 3 is 2.48 bits per heavy atom. The van der Waals surface area contributed by atoms with Crippen LogP contribution in [0.4, 0.5) is 0 Å². The Bertz CT molecular complexity index is 615. The molecule has 0 aromatic heterocycles. The Hall–Kier alpha value is -1.55. The summed E-state index contributed by atoms with van der Waals surface area (Å²) in [5.41, 5.74) is 8.47. The Morgan fingerprint density at radius 1 is 1.14 bits per heavy atom. The number of ether oxygens (including phenoxy) is 1. The molecule has 0 bridgehead atoms. The van der Waals surface area contributed by atoms with Crippen molar-refractivity contribution in [1.29, 1.82) is 0 Å². The highest BCUT2D eigenvalue weighted by atomic mass is 35.5. The lowest BCUT2D eigenvalue weighted by Gasteiger charge is -2.25. The maximum Gasteiger partial charge on any atom is 0.122 e. The van der Waals surface area contributed by atoms with Gasteiger partial charge in [-0.25, -0.2) is 0 Å². The van der Waals surface area contributed by atoms with Crippen molar-refractivity contribution in [2.24, 2.45) is 5.73 Å². The summed E-state index contributed by atoms with van der Waals surface area (Å²) in [5.74, 6) is 0.477. The quantitative estimate of drug-likeness (QED) is 0.890. The van der Waals surface area contributed by atoms with Crippen LogP contribution in [0.3, 0.4) is 0 Å². The van der Waals surface area contributed by atoms with Crippen LogP contribution in [0.5, 0.6) is 5.75 Å². The highest BCUT2D eigenvalue weighted by Gasteiger charge is 2.25. The summed E-state index contributed by atoms with van der Waals surface area (Å²) in [5, 5.41) is 11.4. The van der Waals surface area contributed by atoms with Crippen molar-refractivity contribution in [3.63, 3.8) is 0 Å². The Morgan fingerprint density at radius 2 is 1.81 bits per heavy atom. The van der Waals surface area contributed by atoms with E-state index >= 15 is 0 Å². The van der Waals surface area contributed by atoms with E-state index in [-0.39, 0.29) is 5.92 Å². The van der Waals surface area contributed by atoms with Gasteiger partial charge in [-0.3, -0.25) is 0 Å². The van der Waals surface area contributed by atoms with Crippen molar-refractivity contribution < 1.29 is 9.84 Å². The molecule has 21 heavy (non-hydrogen) atoms. The predicted octanol–water partition coefficient (Wildman–Crippen LogP) is 3.43. The fourth-order valence-electron chi connectivity index (χ4n) is 2.56. The molecule has 0 saturated heterocycles. The second kappa shape index (κ2) is 6.94. The van der Waals surface area contributed by atoms with Gasteiger partial charge in [-0.2, -0.15) is 0 Å². The molecule has 0 aliphatic carbocycles. The van der Waals surface area contributed by atoms with Crippen LogP contribution in [0, 0.1) is 6.92 Å². The zero-order chi connectivity index (χ0) is 15.4. The van der Waals surface area contributed by atoms with E-state index in [0.29, 0.717) is 11.6 Å². The molecule has 0 aliphatic heterocycles. The Balaban J connectivity index is 2.43. The minimum atomic E-state index is -0.731. The van der Waals surface area contributed by atoms with Crippen LogP contribution in [0.25, 0.3) is 0 Å². The molecule has 0 amide bonds. The topological polar surface area (TPSA) is 55.5 Å². The van der Waals surface area contributed by atoms with Gasteiger partial charge in [0.1, 0.15) is 5.75 Å². The SMILES string of the molecule is COc1ccccc1C(CN)C(O)c1cccc(Cl)c1C. The number of aliphatic hydroxyl groups is 1. The zero-order valence-electron chi connectivity index (χ0n) is 12.2. The molecule has 2 unspecified atom stereocenters. The molecule has 3 N–H and O–H groups in total. The summed E-state index contributed by atoms with van der Waals surface area (Å²) < 4.78 is 5.38. The van der Waals surface area contributed by atoms with Crippen LogP contribution in [0.15, 0.2) is 42.5 Å². The largest absolute Gasteiger partial charge is 0.496 e. The smallest absolute Gasteiger partial charge is 0.122 e. The number of methoxy groups -OCH3 is 1. The molecule has 0 saturated carbocycles. The standard InChI is InChI=1S/C17H20ClNO2/c1-11-12(7-5-8-15(11)18)17(20)14(10-19)13-6-3-4-9-16(13)21-2/h3-9,14,17,20H,10,19H2,1-2H3. The van der Waals surface area contributed by atoms with E-state index in [0.717, 1.165) is 22.4 Å².